The Morgan fingerprint density at radius 3 is 2.26 bits per heavy atom. The van der Waals surface area contributed by atoms with Crippen molar-refractivity contribution in [2.75, 3.05) is 0 Å². The molecule has 198 valence electrons. The molecule has 6 aromatic carbocycles. The molecule has 3 heterocycles. The van der Waals surface area contributed by atoms with E-state index in [-0.39, 0.29) is 0 Å². The van der Waals surface area contributed by atoms with Gasteiger partial charge in [-0.05, 0) is 65.7 Å². The SMILES string of the molecule is N#Cc1ccc2c(c1)c1ccccc1n2-c1cccc2c1oc1c(C#N)ccc(-c3ccc4sc5ccccc5c4c3)c12. The number of furan rings is 1. The predicted octanol–water partition coefficient (Wildman–Crippen LogP) is 10.5. The van der Waals surface area contributed by atoms with E-state index in [9.17, 15) is 10.5 Å². The second-order valence-electron chi connectivity index (χ2n) is 10.7. The fourth-order valence-corrected chi connectivity index (χ4v) is 7.67. The topological polar surface area (TPSA) is 65.7 Å². The summed E-state index contributed by atoms with van der Waals surface area (Å²) in [5, 5.41) is 26.1. The Kier molecular flexibility index (Phi) is 4.87. The highest BCUT2D eigenvalue weighted by molar-refractivity contribution is 7.25. The molecule has 0 bridgehead atoms. The Morgan fingerprint density at radius 2 is 1.37 bits per heavy atom. The molecule has 43 heavy (non-hydrogen) atoms. The lowest BCUT2D eigenvalue weighted by atomic mass is 9.96. The summed E-state index contributed by atoms with van der Waals surface area (Å²) >= 11 is 1.80. The zero-order valence-corrected chi connectivity index (χ0v) is 23.4. The Hall–Kier alpha value is -5.88. The van der Waals surface area contributed by atoms with E-state index in [0.717, 1.165) is 55.0 Å². The summed E-state index contributed by atoms with van der Waals surface area (Å²) in [6, 6.07) is 43.9. The first-order valence-corrected chi connectivity index (χ1v) is 14.8. The van der Waals surface area contributed by atoms with Gasteiger partial charge in [-0.25, -0.2) is 0 Å². The Balaban J connectivity index is 1.37. The van der Waals surface area contributed by atoms with E-state index in [1.807, 2.05) is 42.5 Å². The number of rotatable bonds is 2. The van der Waals surface area contributed by atoms with E-state index in [1.54, 1.807) is 11.3 Å². The van der Waals surface area contributed by atoms with Crippen molar-refractivity contribution < 1.29 is 4.42 Å². The molecular formula is C38H19N3OS. The maximum Gasteiger partial charge on any atom is 0.159 e. The van der Waals surface area contributed by atoms with E-state index in [2.05, 4.69) is 89.5 Å². The third kappa shape index (κ3) is 3.29. The molecule has 0 saturated carbocycles. The first-order chi connectivity index (χ1) is 21.2. The van der Waals surface area contributed by atoms with Crippen molar-refractivity contribution in [3.63, 3.8) is 0 Å². The van der Waals surface area contributed by atoms with Gasteiger partial charge in [-0.15, -0.1) is 11.3 Å². The first-order valence-electron chi connectivity index (χ1n) is 14.0. The van der Waals surface area contributed by atoms with Crippen molar-refractivity contribution in [1.82, 2.24) is 4.57 Å². The monoisotopic (exact) mass is 565 g/mol. The van der Waals surface area contributed by atoms with Gasteiger partial charge in [-0.1, -0.05) is 60.7 Å². The average Bonchev–Trinajstić information content (AvgIpc) is 3.73. The molecule has 5 heteroatoms. The molecule has 3 aromatic heterocycles. The smallest absolute Gasteiger partial charge is 0.159 e. The number of fused-ring (bicyclic) bond motifs is 9. The number of aromatic nitrogens is 1. The number of nitriles is 2. The summed E-state index contributed by atoms with van der Waals surface area (Å²) in [5.74, 6) is 0. The zero-order chi connectivity index (χ0) is 28.7. The molecule has 0 aliphatic carbocycles. The second-order valence-corrected chi connectivity index (χ2v) is 11.8. The second kappa shape index (κ2) is 8.81. The molecule has 0 amide bonds. The van der Waals surface area contributed by atoms with Gasteiger partial charge in [0.15, 0.2) is 11.2 Å². The van der Waals surface area contributed by atoms with E-state index in [4.69, 9.17) is 4.42 Å². The number of benzene rings is 6. The number of para-hydroxylation sites is 2. The van der Waals surface area contributed by atoms with Crippen LogP contribution in [0.15, 0.2) is 120 Å². The van der Waals surface area contributed by atoms with Gasteiger partial charge in [-0.2, -0.15) is 10.5 Å². The highest BCUT2D eigenvalue weighted by Crippen LogP contribution is 2.44. The Labute approximate surface area is 249 Å². The minimum atomic E-state index is 0.504. The molecule has 0 radical (unpaired) electrons. The fourth-order valence-electron chi connectivity index (χ4n) is 6.59. The van der Waals surface area contributed by atoms with Gasteiger partial charge in [-0.3, -0.25) is 0 Å². The maximum atomic E-state index is 10.1. The summed E-state index contributed by atoms with van der Waals surface area (Å²) in [5.41, 5.74) is 7.45. The van der Waals surface area contributed by atoms with Crippen molar-refractivity contribution in [2.24, 2.45) is 0 Å². The molecule has 0 saturated heterocycles. The quantitative estimate of drug-likeness (QED) is 0.209. The molecule has 0 atom stereocenters. The highest BCUT2D eigenvalue weighted by Gasteiger charge is 2.21. The van der Waals surface area contributed by atoms with Gasteiger partial charge in [0.2, 0.25) is 0 Å². The van der Waals surface area contributed by atoms with Crippen molar-refractivity contribution in [3.05, 3.63) is 126 Å². The van der Waals surface area contributed by atoms with E-state index < -0.39 is 0 Å². The van der Waals surface area contributed by atoms with Crippen LogP contribution >= 0.6 is 11.3 Å². The summed E-state index contributed by atoms with van der Waals surface area (Å²) < 4.78 is 11.4. The van der Waals surface area contributed by atoms with Crippen LogP contribution in [0.25, 0.3) is 80.7 Å². The van der Waals surface area contributed by atoms with E-state index in [1.165, 1.54) is 20.2 Å². The van der Waals surface area contributed by atoms with Gasteiger partial charge < -0.3 is 8.98 Å². The molecule has 0 aliphatic heterocycles. The molecule has 9 aromatic rings. The fraction of sp³-hybridized carbons (Fsp3) is 0. The minimum absolute atomic E-state index is 0.504. The average molecular weight is 566 g/mol. The van der Waals surface area contributed by atoms with Gasteiger partial charge in [0.05, 0.1) is 33.9 Å². The molecule has 0 unspecified atom stereocenters. The predicted molar refractivity (Wildman–Crippen MR) is 176 cm³/mol. The van der Waals surface area contributed by atoms with E-state index >= 15 is 0 Å². The maximum absolute atomic E-state index is 10.1. The molecule has 0 aliphatic rings. The number of thiophene rings is 1. The lowest BCUT2D eigenvalue weighted by molar-refractivity contribution is 0.665. The van der Waals surface area contributed by atoms with Gasteiger partial charge in [0, 0.05) is 41.7 Å². The van der Waals surface area contributed by atoms with Crippen LogP contribution in [0.5, 0.6) is 0 Å². The van der Waals surface area contributed by atoms with Gasteiger partial charge in [0.1, 0.15) is 6.07 Å². The lowest BCUT2D eigenvalue weighted by Crippen LogP contribution is -1.94. The number of hydrogen-bond donors (Lipinski definition) is 0. The van der Waals surface area contributed by atoms with Gasteiger partial charge >= 0.3 is 0 Å². The highest BCUT2D eigenvalue weighted by atomic mass is 32.1. The minimum Gasteiger partial charge on any atom is -0.452 e. The van der Waals surface area contributed by atoms with Gasteiger partial charge in [0.25, 0.3) is 0 Å². The van der Waals surface area contributed by atoms with Crippen LogP contribution in [0.2, 0.25) is 0 Å². The summed E-state index contributed by atoms with van der Waals surface area (Å²) in [4.78, 5) is 0. The first kappa shape index (κ1) is 23.8. The van der Waals surface area contributed by atoms with Crippen LogP contribution in [0.3, 0.4) is 0 Å². The number of nitrogens with zero attached hydrogens (tertiary/aromatic N) is 3. The van der Waals surface area contributed by atoms with E-state index in [0.29, 0.717) is 16.7 Å². The molecular weight excluding hydrogens is 547 g/mol. The van der Waals surface area contributed by atoms with Crippen molar-refractivity contribution in [3.8, 4) is 29.0 Å². The zero-order valence-electron chi connectivity index (χ0n) is 22.6. The van der Waals surface area contributed by atoms with Crippen LogP contribution in [-0.2, 0) is 0 Å². The molecule has 0 fully saturated rings. The Morgan fingerprint density at radius 1 is 0.581 bits per heavy atom. The van der Waals surface area contributed by atoms with Crippen LogP contribution in [-0.4, -0.2) is 4.57 Å². The standard InChI is InChI=1S/C38H19N3OS/c39-20-22-12-16-32-29(18-22)26-6-1-3-9-31(26)41(32)33-10-5-8-28-36-25(15-13-24(21-40)37(36)42-38(28)33)23-14-17-35-30(19-23)27-7-2-4-11-34(27)43-35/h1-19H. The third-order valence-electron chi connectivity index (χ3n) is 8.48. The molecule has 9 rings (SSSR count). The van der Waals surface area contributed by atoms with Crippen molar-refractivity contribution >= 4 is 75.3 Å². The van der Waals surface area contributed by atoms with Crippen LogP contribution in [0, 0.1) is 22.7 Å². The lowest BCUT2D eigenvalue weighted by Gasteiger charge is -2.09. The van der Waals surface area contributed by atoms with Crippen LogP contribution in [0.4, 0.5) is 0 Å². The third-order valence-corrected chi connectivity index (χ3v) is 9.63. The molecule has 0 spiro atoms. The molecule has 4 nitrogen and oxygen atoms in total. The molecule has 0 N–H and O–H groups in total. The van der Waals surface area contributed by atoms with Crippen molar-refractivity contribution in [1.29, 1.82) is 10.5 Å². The van der Waals surface area contributed by atoms with Crippen LogP contribution in [0.1, 0.15) is 11.1 Å². The normalized spacial score (nSPS) is 11.7. The largest absolute Gasteiger partial charge is 0.452 e. The summed E-state index contributed by atoms with van der Waals surface area (Å²) in [6.45, 7) is 0. The number of hydrogen-bond acceptors (Lipinski definition) is 4. The van der Waals surface area contributed by atoms with Crippen molar-refractivity contribution in [2.45, 2.75) is 0 Å². The summed E-state index contributed by atoms with van der Waals surface area (Å²) in [7, 11) is 0. The summed E-state index contributed by atoms with van der Waals surface area (Å²) in [6.07, 6.45) is 0. The Bertz CT molecular complexity index is 2710. The van der Waals surface area contributed by atoms with Crippen LogP contribution < -0.4 is 0 Å².